The van der Waals surface area contributed by atoms with Crippen LogP contribution in [0.1, 0.15) is 65.2 Å². The van der Waals surface area contributed by atoms with E-state index in [0.29, 0.717) is 24.2 Å². The number of hydrogen-bond donors (Lipinski definition) is 2. The van der Waals surface area contributed by atoms with E-state index in [1.165, 1.54) is 0 Å². The van der Waals surface area contributed by atoms with E-state index in [0.717, 1.165) is 38.5 Å². The van der Waals surface area contributed by atoms with Gasteiger partial charge >= 0.3 is 5.97 Å². The molecule has 0 amide bonds. The van der Waals surface area contributed by atoms with Crippen LogP contribution >= 0.6 is 0 Å². The second-order valence-electron chi connectivity index (χ2n) is 10.00. The predicted molar refractivity (Wildman–Crippen MR) is 109 cm³/mol. The molecule has 10 atom stereocenters. The van der Waals surface area contributed by atoms with Crippen molar-refractivity contribution in [2.75, 3.05) is 0 Å². The number of aliphatic hydroxyl groups excluding tert-OH is 2. The number of aliphatic hydroxyl groups is 2. The zero-order valence-corrected chi connectivity index (χ0v) is 17.7. The second kappa shape index (κ2) is 8.50. The molecule has 0 radical (unpaired) electrons. The first kappa shape index (κ1) is 21.0. The molecule has 29 heavy (non-hydrogen) atoms. The molecule has 4 aliphatic rings. The van der Waals surface area contributed by atoms with E-state index in [4.69, 9.17) is 4.74 Å². The Morgan fingerprint density at radius 3 is 2.59 bits per heavy atom. The SMILES string of the molecule is CC[C@@H]1CCC[C@H](O)[C@H](C)C(=O)[C@@H]2C[C@@H]3[C@@H](C=C[C@@H]4C[C@@H](O)C[C@@H]34)[C@@H]2CC(=O)O1. The molecule has 5 nitrogen and oxygen atoms in total. The molecule has 3 fully saturated rings. The van der Waals surface area contributed by atoms with Gasteiger partial charge in [0.05, 0.1) is 12.2 Å². The number of ether oxygens (including phenoxy) is 1. The molecule has 2 N–H and O–H groups in total. The van der Waals surface area contributed by atoms with Gasteiger partial charge in [-0.25, -0.2) is 0 Å². The van der Waals surface area contributed by atoms with Crippen molar-refractivity contribution in [2.45, 2.75) is 83.5 Å². The molecule has 2 saturated carbocycles. The molecule has 0 aromatic carbocycles. The number of allylic oxidation sites excluding steroid dienone is 2. The maximum absolute atomic E-state index is 13.4. The van der Waals surface area contributed by atoms with Gasteiger partial charge in [0.15, 0.2) is 0 Å². The third-order valence-electron chi connectivity index (χ3n) is 8.37. The maximum Gasteiger partial charge on any atom is 0.306 e. The van der Waals surface area contributed by atoms with Crippen LogP contribution in [0.5, 0.6) is 0 Å². The van der Waals surface area contributed by atoms with Crippen molar-refractivity contribution in [3.05, 3.63) is 12.2 Å². The summed E-state index contributed by atoms with van der Waals surface area (Å²) in [6, 6.07) is 0. The lowest BCUT2D eigenvalue weighted by Gasteiger charge is -2.34. The highest BCUT2D eigenvalue weighted by Crippen LogP contribution is 2.56. The summed E-state index contributed by atoms with van der Waals surface area (Å²) in [7, 11) is 0. The zero-order chi connectivity index (χ0) is 20.7. The molecule has 0 spiro atoms. The number of fused-ring (bicyclic) bond motifs is 5. The molecule has 0 unspecified atom stereocenters. The van der Waals surface area contributed by atoms with Gasteiger partial charge in [0, 0.05) is 18.3 Å². The number of carbonyl (C=O) groups is 2. The summed E-state index contributed by atoms with van der Waals surface area (Å²) < 4.78 is 5.77. The van der Waals surface area contributed by atoms with Crippen LogP contribution in [-0.4, -0.2) is 40.3 Å². The number of ketones is 1. The van der Waals surface area contributed by atoms with E-state index < -0.39 is 12.0 Å². The fourth-order valence-corrected chi connectivity index (χ4v) is 6.73. The molecule has 3 aliphatic carbocycles. The molecule has 1 aliphatic heterocycles. The van der Waals surface area contributed by atoms with Gasteiger partial charge in [-0.1, -0.05) is 26.0 Å². The van der Waals surface area contributed by atoms with Crippen LogP contribution in [0, 0.1) is 41.4 Å². The third-order valence-corrected chi connectivity index (χ3v) is 8.37. The fraction of sp³-hybridized carbons (Fsp3) is 0.833. The van der Waals surface area contributed by atoms with Crippen molar-refractivity contribution in [1.29, 1.82) is 0 Å². The van der Waals surface area contributed by atoms with Gasteiger partial charge in [0.2, 0.25) is 0 Å². The molecule has 4 rings (SSSR count). The summed E-state index contributed by atoms with van der Waals surface area (Å²) >= 11 is 0. The molecule has 1 heterocycles. The Morgan fingerprint density at radius 1 is 1.03 bits per heavy atom. The van der Waals surface area contributed by atoms with Crippen molar-refractivity contribution >= 4 is 11.8 Å². The summed E-state index contributed by atoms with van der Waals surface area (Å²) in [4.78, 5) is 26.2. The van der Waals surface area contributed by atoms with Crippen molar-refractivity contribution in [3.63, 3.8) is 0 Å². The summed E-state index contributed by atoms with van der Waals surface area (Å²) in [6.07, 6.45) is 8.95. The Balaban J connectivity index is 1.62. The molecule has 5 heteroatoms. The summed E-state index contributed by atoms with van der Waals surface area (Å²) in [5, 5.41) is 20.8. The first-order chi connectivity index (χ1) is 13.9. The maximum atomic E-state index is 13.4. The quantitative estimate of drug-likeness (QED) is 0.518. The third kappa shape index (κ3) is 4.05. The number of rotatable bonds is 1. The van der Waals surface area contributed by atoms with Gasteiger partial charge in [-0.2, -0.15) is 0 Å². The van der Waals surface area contributed by atoms with E-state index in [1.807, 2.05) is 13.8 Å². The van der Waals surface area contributed by atoms with Crippen molar-refractivity contribution in [1.82, 2.24) is 0 Å². The standard InChI is InChI=1S/C24H36O5/c1-3-16-5-4-6-22(26)13(2)24(28)21-11-19-17(20(21)12-23(27)29-16)8-7-14-9-15(25)10-18(14)19/h7-8,13-22,25-26H,3-6,9-12H2,1-2H3/t13-,14+,15+,16+,17+,18+,19+,20-,21+,22-/m0/s1. The topological polar surface area (TPSA) is 83.8 Å². The Hall–Kier alpha value is -1.20. The summed E-state index contributed by atoms with van der Waals surface area (Å²) in [5.41, 5.74) is 0. The molecular weight excluding hydrogens is 368 g/mol. The number of cyclic esters (lactones) is 1. The molecular formula is C24H36O5. The molecule has 1 saturated heterocycles. The number of hydrogen-bond acceptors (Lipinski definition) is 5. The van der Waals surface area contributed by atoms with Crippen LogP contribution in [0.25, 0.3) is 0 Å². The van der Waals surface area contributed by atoms with E-state index in [1.54, 1.807) is 0 Å². The normalized spacial score (nSPS) is 48.1. The monoisotopic (exact) mass is 404 g/mol. The minimum Gasteiger partial charge on any atom is -0.462 e. The number of esters is 1. The highest BCUT2D eigenvalue weighted by atomic mass is 16.5. The predicted octanol–water partition coefficient (Wildman–Crippen LogP) is 3.27. The van der Waals surface area contributed by atoms with Crippen LogP contribution in [0.2, 0.25) is 0 Å². The minimum absolute atomic E-state index is 0.0541. The van der Waals surface area contributed by atoms with E-state index in [-0.39, 0.29) is 48.1 Å². The average molecular weight is 405 g/mol. The molecule has 0 aromatic rings. The molecule has 162 valence electrons. The second-order valence-corrected chi connectivity index (χ2v) is 10.00. The van der Waals surface area contributed by atoms with Gasteiger partial charge in [-0.3, -0.25) is 9.59 Å². The molecule has 0 bridgehead atoms. The average Bonchev–Trinajstić information content (AvgIpc) is 3.24. The van der Waals surface area contributed by atoms with E-state index in [9.17, 15) is 19.8 Å². The van der Waals surface area contributed by atoms with Crippen LogP contribution in [-0.2, 0) is 14.3 Å². The van der Waals surface area contributed by atoms with Crippen LogP contribution in [0.4, 0.5) is 0 Å². The summed E-state index contributed by atoms with van der Waals surface area (Å²) in [5.74, 6) is 0.590. The van der Waals surface area contributed by atoms with E-state index in [2.05, 4.69) is 12.2 Å². The highest BCUT2D eigenvalue weighted by molar-refractivity contribution is 5.85. The van der Waals surface area contributed by atoms with Crippen molar-refractivity contribution < 1.29 is 24.5 Å². The van der Waals surface area contributed by atoms with Gasteiger partial charge in [-0.05, 0) is 74.5 Å². The zero-order valence-electron chi connectivity index (χ0n) is 17.7. The van der Waals surface area contributed by atoms with Gasteiger partial charge < -0.3 is 14.9 Å². The van der Waals surface area contributed by atoms with E-state index >= 15 is 0 Å². The largest absolute Gasteiger partial charge is 0.462 e. The first-order valence-corrected chi connectivity index (χ1v) is 11.7. The van der Waals surface area contributed by atoms with Gasteiger partial charge in [-0.15, -0.1) is 0 Å². The highest BCUT2D eigenvalue weighted by Gasteiger charge is 2.53. The molecule has 0 aromatic heterocycles. The lowest BCUT2D eigenvalue weighted by atomic mass is 9.71. The van der Waals surface area contributed by atoms with Crippen LogP contribution < -0.4 is 0 Å². The van der Waals surface area contributed by atoms with Crippen molar-refractivity contribution in [2.24, 2.45) is 41.4 Å². The smallest absolute Gasteiger partial charge is 0.306 e. The summed E-state index contributed by atoms with van der Waals surface area (Å²) in [6.45, 7) is 3.88. The van der Waals surface area contributed by atoms with Crippen LogP contribution in [0.3, 0.4) is 0 Å². The first-order valence-electron chi connectivity index (χ1n) is 11.7. The fourth-order valence-electron chi connectivity index (χ4n) is 6.73. The Morgan fingerprint density at radius 2 is 1.83 bits per heavy atom. The Kier molecular flexibility index (Phi) is 6.17. The number of carbonyl (C=O) groups excluding carboxylic acids is 2. The van der Waals surface area contributed by atoms with Gasteiger partial charge in [0.1, 0.15) is 11.9 Å². The van der Waals surface area contributed by atoms with Gasteiger partial charge in [0.25, 0.3) is 0 Å². The lowest BCUT2D eigenvalue weighted by Crippen LogP contribution is -2.35. The van der Waals surface area contributed by atoms with Crippen LogP contribution in [0.15, 0.2) is 12.2 Å². The Bertz CT molecular complexity index is 658. The minimum atomic E-state index is -0.630. The lowest BCUT2D eigenvalue weighted by molar-refractivity contribution is -0.152. The van der Waals surface area contributed by atoms with Crippen molar-refractivity contribution in [3.8, 4) is 0 Å². The number of Topliss-reactive ketones (excluding diaryl/α,β-unsaturated/α-hetero) is 1. The Labute approximate surface area is 173 Å².